The van der Waals surface area contributed by atoms with Gasteiger partial charge in [0.05, 0.1) is 5.69 Å². The number of rotatable bonds is 5. The molecular weight excluding hydrogens is 400 g/mol. The molecule has 0 radical (unpaired) electrons. The first-order chi connectivity index (χ1) is 12.0. The van der Waals surface area contributed by atoms with Crippen molar-refractivity contribution in [3.05, 3.63) is 63.4 Å². The lowest BCUT2D eigenvalue weighted by Gasteiger charge is -2.07. The molecule has 0 aliphatic carbocycles. The molecule has 128 valence electrons. The zero-order chi connectivity index (χ0) is 17.8. The number of carbonyl (C=O) groups is 1. The van der Waals surface area contributed by atoms with Gasteiger partial charge in [0.25, 0.3) is 5.91 Å². The maximum absolute atomic E-state index is 12.1. The highest BCUT2D eigenvalue weighted by Gasteiger charge is 2.09. The maximum Gasteiger partial charge on any atom is 0.264 e. The number of nitrogens with one attached hydrogen (secondary N) is 1. The Morgan fingerprint density at radius 1 is 1.16 bits per heavy atom. The van der Waals surface area contributed by atoms with Gasteiger partial charge in [0, 0.05) is 15.4 Å². The van der Waals surface area contributed by atoms with Crippen LogP contribution in [0.5, 0.6) is 5.75 Å². The third-order valence-corrected chi connectivity index (χ3v) is 4.74. The number of thiazole rings is 1. The Kier molecular flexibility index (Phi) is 5.50. The van der Waals surface area contributed by atoms with Crippen molar-refractivity contribution in [1.29, 1.82) is 0 Å². The Hall–Kier alpha value is -2.18. The van der Waals surface area contributed by atoms with Gasteiger partial charge in [0.15, 0.2) is 11.7 Å². The molecule has 25 heavy (non-hydrogen) atoms. The van der Waals surface area contributed by atoms with Gasteiger partial charge in [-0.1, -0.05) is 34.1 Å². The van der Waals surface area contributed by atoms with Crippen molar-refractivity contribution in [1.82, 2.24) is 4.98 Å². The van der Waals surface area contributed by atoms with Crippen LogP contribution in [-0.4, -0.2) is 17.5 Å². The summed E-state index contributed by atoms with van der Waals surface area (Å²) in [6, 6.07) is 13.8. The van der Waals surface area contributed by atoms with Crippen LogP contribution >= 0.6 is 27.3 Å². The van der Waals surface area contributed by atoms with Gasteiger partial charge in [-0.15, -0.1) is 11.3 Å². The molecular formula is C19H17BrN2O2S. The van der Waals surface area contributed by atoms with Gasteiger partial charge in [-0.2, -0.15) is 0 Å². The highest BCUT2D eigenvalue weighted by Crippen LogP contribution is 2.26. The standard InChI is InChI=1S/C19H17BrN2O2S/c1-12-7-13(2)9-16(8-12)24-10-18(23)22-19-21-17(11-25-19)14-3-5-15(20)6-4-14/h3-9,11H,10H2,1-2H3,(H,21,22,23). The minimum Gasteiger partial charge on any atom is -0.484 e. The number of carbonyl (C=O) groups excluding carboxylic acids is 1. The summed E-state index contributed by atoms with van der Waals surface area (Å²) in [6.45, 7) is 3.95. The largest absolute Gasteiger partial charge is 0.484 e. The molecule has 0 saturated carbocycles. The molecule has 0 fully saturated rings. The third-order valence-electron chi connectivity index (χ3n) is 3.46. The maximum atomic E-state index is 12.1. The number of ether oxygens (including phenoxy) is 1. The molecule has 0 atom stereocenters. The summed E-state index contributed by atoms with van der Waals surface area (Å²) in [4.78, 5) is 16.5. The third kappa shape index (κ3) is 4.90. The fourth-order valence-electron chi connectivity index (χ4n) is 2.40. The first-order valence-electron chi connectivity index (χ1n) is 7.72. The van der Waals surface area contributed by atoms with E-state index in [1.807, 2.05) is 55.6 Å². The van der Waals surface area contributed by atoms with Crippen molar-refractivity contribution < 1.29 is 9.53 Å². The number of halogens is 1. The van der Waals surface area contributed by atoms with Crippen molar-refractivity contribution in [3.8, 4) is 17.0 Å². The minimum absolute atomic E-state index is 0.0455. The fourth-order valence-corrected chi connectivity index (χ4v) is 3.41. The highest BCUT2D eigenvalue weighted by molar-refractivity contribution is 9.10. The average molecular weight is 417 g/mol. The zero-order valence-corrected chi connectivity index (χ0v) is 16.3. The molecule has 3 aromatic rings. The molecule has 3 rings (SSSR count). The van der Waals surface area contributed by atoms with E-state index in [0.29, 0.717) is 10.9 Å². The number of aromatic nitrogens is 1. The van der Waals surface area contributed by atoms with Gasteiger partial charge in [0.2, 0.25) is 0 Å². The Labute approximate surface area is 159 Å². The molecule has 0 bridgehead atoms. The van der Waals surface area contributed by atoms with E-state index in [1.54, 1.807) is 0 Å². The number of anilines is 1. The first-order valence-corrected chi connectivity index (χ1v) is 9.39. The van der Waals surface area contributed by atoms with Crippen molar-refractivity contribution in [3.63, 3.8) is 0 Å². The van der Waals surface area contributed by atoms with Gasteiger partial charge in [-0.05, 0) is 49.2 Å². The Morgan fingerprint density at radius 2 is 1.84 bits per heavy atom. The van der Waals surface area contributed by atoms with Crippen molar-refractivity contribution in [2.75, 3.05) is 11.9 Å². The Balaban J connectivity index is 1.59. The van der Waals surface area contributed by atoms with Crippen LogP contribution in [0.4, 0.5) is 5.13 Å². The average Bonchev–Trinajstić information content (AvgIpc) is 3.01. The van der Waals surface area contributed by atoms with Crippen LogP contribution in [0.25, 0.3) is 11.3 Å². The molecule has 1 N–H and O–H groups in total. The van der Waals surface area contributed by atoms with Crippen LogP contribution in [0.1, 0.15) is 11.1 Å². The van der Waals surface area contributed by atoms with Crippen LogP contribution in [-0.2, 0) is 4.79 Å². The number of benzene rings is 2. The molecule has 0 aliphatic heterocycles. The van der Waals surface area contributed by atoms with Crippen LogP contribution in [0, 0.1) is 13.8 Å². The second kappa shape index (κ2) is 7.80. The summed E-state index contributed by atoms with van der Waals surface area (Å²) in [5.74, 6) is 0.471. The lowest BCUT2D eigenvalue weighted by Crippen LogP contribution is -2.20. The van der Waals surface area contributed by atoms with E-state index in [4.69, 9.17) is 4.74 Å². The van der Waals surface area contributed by atoms with E-state index in [0.717, 1.165) is 26.9 Å². The van der Waals surface area contributed by atoms with Crippen molar-refractivity contribution >= 4 is 38.3 Å². The van der Waals surface area contributed by atoms with Crippen LogP contribution < -0.4 is 10.1 Å². The predicted molar refractivity (Wildman–Crippen MR) is 105 cm³/mol. The van der Waals surface area contributed by atoms with Crippen molar-refractivity contribution in [2.24, 2.45) is 0 Å². The Morgan fingerprint density at radius 3 is 2.52 bits per heavy atom. The van der Waals surface area contributed by atoms with Gasteiger partial charge in [0.1, 0.15) is 5.75 Å². The molecule has 0 unspecified atom stereocenters. The van der Waals surface area contributed by atoms with E-state index in [2.05, 4.69) is 32.3 Å². The molecule has 0 saturated heterocycles. The van der Waals surface area contributed by atoms with Crippen molar-refractivity contribution in [2.45, 2.75) is 13.8 Å². The molecule has 4 nitrogen and oxygen atoms in total. The van der Waals surface area contributed by atoms with Gasteiger partial charge in [-0.25, -0.2) is 4.98 Å². The van der Waals surface area contributed by atoms with Crippen LogP contribution in [0.15, 0.2) is 52.3 Å². The zero-order valence-electron chi connectivity index (χ0n) is 13.9. The number of aryl methyl sites for hydroxylation is 2. The molecule has 2 aromatic carbocycles. The summed E-state index contributed by atoms with van der Waals surface area (Å²) in [5.41, 5.74) is 4.05. The molecule has 0 aliphatic rings. The monoisotopic (exact) mass is 416 g/mol. The minimum atomic E-state index is -0.226. The van der Waals surface area contributed by atoms with Gasteiger partial charge in [-0.3, -0.25) is 10.1 Å². The topological polar surface area (TPSA) is 51.2 Å². The predicted octanol–water partition coefficient (Wildman–Crippen LogP) is 5.21. The number of hydrogen-bond donors (Lipinski definition) is 1. The highest BCUT2D eigenvalue weighted by atomic mass is 79.9. The lowest BCUT2D eigenvalue weighted by molar-refractivity contribution is -0.118. The normalized spacial score (nSPS) is 10.5. The summed E-state index contributed by atoms with van der Waals surface area (Å²) < 4.78 is 6.58. The number of hydrogen-bond acceptors (Lipinski definition) is 4. The molecule has 6 heteroatoms. The Bertz CT molecular complexity index is 870. The first kappa shape index (κ1) is 17.6. The lowest BCUT2D eigenvalue weighted by atomic mass is 10.1. The van der Waals surface area contributed by atoms with Crippen LogP contribution in [0.2, 0.25) is 0 Å². The second-order valence-electron chi connectivity index (χ2n) is 5.71. The molecule has 1 heterocycles. The molecule has 1 aromatic heterocycles. The SMILES string of the molecule is Cc1cc(C)cc(OCC(=O)Nc2nc(-c3ccc(Br)cc3)cs2)c1. The fraction of sp³-hybridized carbons (Fsp3) is 0.158. The van der Waals surface area contributed by atoms with E-state index in [9.17, 15) is 4.79 Å². The summed E-state index contributed by atoms with van der Waals surface area (Å²) in [7, 11) is 0. The molecule has 0 spiro atoms. The van der Waals surface area contributed by atoms with Crippen LogP contribution in [0.3, 0.4) is 0 Å². The smallest absolute Gasteiger partial charge is 0.264 e. The second-order valence-corrected chi connectivity index (χ2v) is 7.48. The molecule has 1 amide bonds. The summed E-state index contributed by atoms with van der Waals surface area (Å²) in [6.07, 6.45) is 0. The van der Waals surface area contributed by atoms with E-state index >= 15 is 0 Å². The van der Waals surface area contributed by atoms with Gasteiger partial charge < -0.3 is 4.74 Å². The van der Waals surface area contributed by atoms with E-state index in [-0.39, 0.29) is 12.5 Å². The van der Waals surface area contributed by atoms with E-state index in [1.165, 1.54) is 11.3 Å². The quantitative estimate of drug-likeness (QED) is 0.620. The van der Waals surface area contributed by atoms with E-state index < -0.39 is 0 Å². The summed E-state index contributed by atoms with van der Waals surface area (Å²) >= 11 is 4.81. The summed E-state index contributed by atoms with van der Waals surface area (Å²) in [5, 5.41) is 5.26. The number of amides is 1. The number of nitrogens with zero attached hydrogens (tertiary/aromatic N) is 1. The van der Waals surface area contributed by atoms with Gasteiger partial charge >= 0.3 is 0 Å².